The van der Waals surface area contributed by atoms with Crippen LogP contribution >= 0.6 is 11.6 Å². The van der Waals surface area contributed by atoms with Crippen molar-refractivity contribution in [2.24, 2.45) is 7.05 Å². The van der Waals surface area contributed by atoms with Crippen molar-refractivity contribution in [1.82, 2.24) is 14.5 Å². The highest BCUT2D eigenvalue weighted by atomic mass is 35.5. The lowest BCUT2D eigenvalue weighted by Gasteiger charge is -2.20. The average Bonchev–Trinajstić information content (AvgIpc) is 3.00. The summed E-state index contributed by atoms with van der Waals surface area (Å²) >= 11 is 6.20. The van der Waals surface area contributed by atoms with Crippen molar-refractivity contribution in [2.75, 3.05) is 5.32 Å². The second-order valence-corrected chi connectivity index (χ2v) is 5.60. The molecule has 0 saturated carbocycles. The van der Waals surface area contributed by atoms with Gasteiger partial charge in [0.25, 0.3) is 0 Å². The van der Waals surface area contributed by atoms with Gasteiger partial charge in [-0.05, 0) is 23.8 Å². The zero-order chi connectivity index (χ0) is 17.1. The number of pyridine rings is 1. The molecule has 3 aromatic rings. The third-order valence-electron chi connectivity index (χ3n) is 3.57. The van der Waals surface area contributed by atoms with E-state index in [9.17, 15) is 4.39 Å². The minimum Gasteiger partial charge on any atom is -0.355 e. The topological polar surface area (TPSA) is 66.5 Å². The van der Waals surface area contributed by atoms with Crippen molar-refractivity contribution in [2.45, 2.75) is 6.04 Å². The number of nitrogens with zero attached hydrogens (tertiary/aromatic N) is 4. The molecule has 2 heterocycles. The highest BCUT2D eigenvalue weighted by Crippen LogP contribution is 2.28. The molecular weight excluding hydrogens is 329 g/mol. The van der Waals surface area contributed by atoms with Crippen LogP contribution in [0.4, 0.5) is 10.2 Å². The van der Waals surface area contributed by atoms with Gasteiger partial charge in [-0.15, -0.1) is 0 Å². The maximum Gasteiger partial charge on any atom is 0.145 e. The van der Waals surface area contributed by atoms with Gasteiger partial charge >= 0.3 is 0 Å². The lowest BCUT2D eigenvalue weighted by atomic mass is 10.1. The summed E-state index contributed by atoms with van der Waals surface area (Å²) in [4.78, 5) is 8.55. The van der Waals surface area contributed by atoms with E-state index in [1.54, 1.807) is 18.3 Å². The predicted octanol–water partition coefficient (Wildman–Crippen LogP) is 3.68. The van der Waals surface area contributed by atoms with E-state index in [1.165, 1.54) is 24.4 Å². The highest BCUT2D eigenvalue weighted by molar-refractivity contribution is 6.33. The zero-order valence-electron chi connectivity index (χ0n) is 12.7. The summed E-state index contributed by atoms with van der Waals surface area (Å²) in [5.74, 6) is 0.837. The molecule has 5 nitrogen and oxygen atoms in total. The second-order valence-electron chi connectivity index (χ2n) is 5.19. The Hall–Kier alpha value is -2.91. The van der Waals surface area contributed by atoms with Gasteiger partial charge < -0.3 is 9.88 Å². The van der Waals surface area contributed by atoms with Crippen LogP contribution in [0.15, 0.2) is 48.9 Å². The van der Waals surface area contributed by atoms with Crippen molar-refractivity contribution in [1.29, 1.82) is 5.26 Å². The molecule has 0 bridgehead atoms. The summed E-state index contributed by atoms with van der Waals surface area (Å²) in [7, 11) is 1.87. The number of hydrogen-bond donors (Lipinski definition) is 1. The van der Waals surface area contributed by atoms with Gasteiger partial charge in [0.15, 0.2) is 0 Å². The summed E-state index contributed by atoms with van der Waals surface area (Å²) in [6.07, 6.45) is 4.94. The molecule has 0 aliphatic rings. The van der Waals surface area contributed by atoms with Crippen LogP contribution in [0.3, 0.4) is 0 Å². The van der Waals surface area contributed by atoms with Crippen LogP contribution in [0.1, 0.15) is 23.0 Å². The maximum atomic E-state index is 13.2. The third-order valence-corrected chi connectivity index (χ3v) is 3.86. The number of nitriles is 1. The molecule has 0 unspecified atom stereocenters. The molecule has 1 atom stereocenters. The molecule has 0 spiro atoms. The molecule has 24 heavy (non-hydrogen) atoms. The Morgan fingerprint density at radius 3 is 2.62 bits per heavy atom. The number of imidazole rings is 1. The van der Waals surface area contributed by atoms with Gasteiger partial charge in [-0.1, -0.05) is 23.7 Å². The lowest BCUT2D eigenvalue weighted by Crippen LogP contribution is -2.17. The Bertz CT molecular complexity index is 898. The van der Waals surface area contributed by atoms with Crippen LogP contribution < -0.4 is 5.32 Å². The minimum atomic E-state index is -0.372. The summed E-state index contributed by atoms with van der Waals surface area (Å²) in [5, 5.41) is 12.5. The van der Waals surface area contributed by atoms with Gasteiger partial charge in [0.05, 0.1) is 10.6 Å². The fourth-order valence-electron chi connectivity index (χ4n) is 2.35. The fraction of sp³-hybridized carbons (Fsp3) is 0.118. The van der Waals surface area contributed by atoms with Crippen molar-refractivity contribution in [3.63, 3.8) is 0 Å². The first kappa shape index (κ1) is 16.0. The number of aromatic nitrogens is 3. The molecule has 0 fully saturated rings. The maximum absolute atomic E-state index is 13.2. The quantitative estimate of drug-likeness (QED) is 0.786. The molecule has 120 valence electrons. The number of anilines is 1. The normalized spacial score (nSPS) is 11.8. The summed E-state index contributed by atoms with van der Waals surface area (Å²) < 4.78 is 15.1. The van der Waals surface area contributed by atoms with E-state index in [0.29, 0.717) is 16.4 Å². The number of hydrogen-bond acceptors (Lipinski definition) is 4. The Morgan fingerprint density at radius 2 is 2.04 bits per heavy atom. The van der Waals surface area contributed by atoms with Crippen LogP contribution in [0, 0.1) is 17.1 Å². The van der Waals surface area contributed by atoms with E-state index in [-0.39, 0.29) is 11.9 Å². The van der Waals surface area contributed by atoms with Crippen molar-refractivity contribution < 1.29 is 4.39 Å². The largest absolute Gasteiger partial charge is 0.355 e. The molecule has 2 aromatic heterocycles. The van der Waals surface area contributed by atoms with Gasteiger partial charge in [0.2, 0.25) is 0 Å². The summed E-state index contributed by atoms with van der Waals surface area (Å²) in [6, 6.07) is 9.30. The number of rotatable bonds is 4. The molecule has 0 saturated heterocycles. The Labute approximate surface area is 143 Å². The van der Waals surface area contributed by atoms with E-state index in [0.717, 1.165) is 11.4 Å². The molecule has 3 rings (SSSR count). The van der Waals surface area contributed by atoms with Gasteiger partial charge in [0.1, 0.15) is 29.6 Å². The SMILES string of the molecule is Cn1ccnc1[C@H](Nc1ncc(C#N)cc1Cl)c1ccc(F)cc1. The number of nitrogens with one attached hydrogen (secondary N) is 1. The summed E-state index contributed by atoms with van der Waals surface area (Å²) in [6.45, 7) is 0. The number of halogens is 2. The molecule has 0 aliphatic carbocycles. The fourth-order valence-corrected chi connectivity index (χ4v) is 2.57. The highest BCUT2D eigenvalue weighted by Gasteiger charge is 2.20. The Morgan fingerprint density at radius 1 is 1.29 bits per heavy atom. The van der Waals surface area contributed by atoms with Gasteiger partial charge in [0, 0.05) is 25.6 Å². The van der Waals surface area contributed by atoms with E-state index >= 15 is 0 Å². The van der Waals surface area contributed by atoms with Gasteiger partial charge in [-0.3, -0.25) is 0 Å². The van der Waals surface area contributed by atoms with Crippen molar-refractivity contribution in [3.8, 4) is 6.07 Å². The molecule has 0 aliphatic heterocycles. The average molecular weight is 342 g/mol. The molecule has 7 heteroatoms. The van der Waals surface area contributed by atoms with E-state index in [2.05, 4.69) is 15.3 Å². The van der Waals surface area contributed by atoms with E-state index < -0.39 is 0 Å². The first-order valence-corrected chi connectivity index (χ1v) is 7.51. The Kier molecular flexibility index (Phi) is 4.45. The van der Waals surface area contributed by atoms with Crippen LogP contribution in [0.25, 0.3) is 0 Å². The van der Waals surface area contributed by atoms with Crippen molar-refractivity contribution in [3.05, 3.63) is 76.7 Å². The standard InChI is InChI=1S/C17H13ClFN5/c1-24-7-6-21-17(24)15(12-2-4-13(19)5-3-12)23-16-14(18)8-11(9-20)10-22-16/h2-8,10,15H,1H3,(H,22,23)/t15-/m1/s1. The van der Waals surface area contributed by atoms with Crippen molar-refractivity contribution >= 4 is 17.4 Å². The Balaban J connectivity index is 2.01. The minimum absolute atomic E-state index is 0.313. The zero-order valence-corrected chi connectivity index (χ0v) is 13.5. The molecular formula is C17H13ClFN5. The van der Waals surface area contributed by atoms with Gasteiger partial charge in [-0.2, -0.15) is 5.26 Å². The second kappa shape index (κ2) is 6.69. The molecule has 1 aromatic carbocycles. The van der Waals surface area contributed by atoms with E-state index in [1.807, 2.05) is 23.9 Å². The monoisotopic (exact) mass is 341 g/mol. The summed E-state index contributed by atoms with van der Waals surface area (Å²) in [5.41, 5.74) is 1.19. The molecule has 0 amide bonds. The first-order valence-electron chi connectivity index (χ1n) is 7.13. The smallest absolute Gasteiger partial charge is 0.145 e. The first-order chi connectivity index (χ1) is 11.6. The molecule has 1 N–H and O–H groups in total. The third kappa shape index (κ3) is 3.21. The lowest BCUT2D eigenvalue weighted by molar-refractivity contribution is 0.626. The predicted molar refractivity (Wildman–Crippen MR) is 89.0 cm³/mol. The molecule has 0 radical (unpaired) electrons. The van der Waals surface area contributed by atoms with Crippen LogP contribution in [0.2, 0.25) is 5.02 Å². The van der Waals surface area contributed by atoms with Gasteiger partial charge in [-0.25, -0.2) is 14.4 Å². The van der Waals surface area contributed by atoms with Crippen LogP contribution in [-0.2, 0) is 7.05 Å². The van der Waals surface area contributed by atoms with Crippen LogP contribution in [-0.4, -0.2) is 14.5 Å². The van der Waals surface area contributed by atoms with Crippen LogP contribution in [0.5, 0.6) is 0 Å². The number of aryl methyl sites for hydroxylation is 1. The number of benzene rings is 1. The van der Waals surface area contributed by atoms with E-state index in [4.69, 9.17) is 16.9 Å².